The molecule has 0 saturated carbocycles. The number of pyridine rings is 1. The molecule has 2 aromatic carbocycles. The normalized spacial score (nSPS) is 10.2. The molecular weight excluding hydrogens is 336 g/mol. The van der Waals surface area contributed by atoms with Gasteiger partial charge in [-0.05, 0) is 69.3 Å². The van der Waals surface area contributed by atoms with Crippen molar-refractivity contribution in [3.05, 3.63) is 54.2 Å². The van der Waals surface area contributed by atoms with Gasteiger partial charge < -0.3 is 14.8 Å². The maximum atomic E-state index is 5.62. The molecular formula is C20H23ClN2O2. The number of aryl methyl sites for hydroxylation is 1. The number of benzene rings is 2. The summed E-state index contributed by atoms with van der Waals surface area (Å²) in [5.74, 6) is 1.72. The highest BCUT2D eigenvalue weighted by Crippen LogP contribution is 2.30. The standard InChI is InChI=1S/C20H22N2O2.ClH/c1-4-23-16-8-6-15(7-9-16)22-20-12-14(3)21-19-11-10-17(24-5-2)13-18(19)20;/h6-13H,4-5H2,1-3H3,(H,21,22);1H. The summed E-state index contributed by atoms with van der Waals surface area (Å²) in [4.78, 5) is 4.60. The first-order valence-electron chi connectivity index (χ1n) is 8.23. The summed E-state index contributed by atoms with van der Waals surface area (Å²) in [5.41, 5.74) is 3.95. The fraction of sp³-hybridized carbons (Fsp3) is 0.250. The van der Waals surface area contributed by atoms with E-state index in [0.29, 0.717) is 13.2 Å². The molecule has 0 atom stereocenters. The zero-order valence-electron chi connectivity index (χ0n) is 14.7. The van der Waals surface area contributed by atoms with Crippen LogP contribution in [0.15, 0.2) is 48.5 Å². The number of nitrogens with zero attached hydrogens (tertiary/aromatic N) is 1. The van der Waals surface area contributed by atoms with E-state index in [1.807, 2.05) is 63.2 Å². The first kappa shape index (κ1) is 18.9. The van der Waals surface area contributed by atoms with Crippen molar-refractivity contribution in [2.75, 3.05) is 18.5 Å². The molecule has 132 valence electrons. The molecule has 0 saturated heterocycles. The van der Waals surface area contributed by atoms with E-state index in [2.05, 4.69) is 16.4 Å². The Morgan fingerprint density at radius 2 is 1.52 bits per heavy atom. The summed E-state index contributed by atoms with van der Waals surface area (Å²) < 4.78 is 11.1. The van der Waals surface area contributed by atoms with Gasteiger partial charge in [0.05, 0.1) is 18.7 Å². The Kier molecular flexibility index (Phi) is 6.48. The molecule has 4 nitrogen and oxygen atoms in total. The maximum absolute atomic E-state index is 5.62. The van der Waals surface area contributed by atoms with E-state index >= 15 is 0 Å². The van der Waals surface area contributed by atoms with Crippen molar-refractivity contribution >= 4 is 34.7 Å². The van der Waals surface area contributed by atoms with Crippen LogP contribution >= 0.6 is 12.4 Å². The van der Waals surface area contributed by atoms with Gasteiger partial charge in [-0.15, -0.1) is 12.4 Å². The third-order valence-electron chi connectivity index (χ3n) is 3.66. The number of hydrogen-bond donors (Lipinski definition) is 1. The molecule has 0 aliphatic carbocycles. The molecule has 1 aromatic heterocycles. The minimum absolute atomic E-state index is 0. The molecule has 0 aliphatic rings. The van der Waals surface area contributed by atoms with Crippen LogP contribution in [0.4, 0.5) is 11.4 Å². The van der Waals surface area contributed by atoms with E-state index in [4.69, 9.17) is 9.47 Å². The van der Waals surface area contributed by atoms with Crippen molar-refractivity contribution in [1.82, 2.24) is 4.98 Å². The van der Waals surface area contributed by atoms with Gasteiger partial charge in [0, 0.05) is 22.5 Å². The largest absolute Gasteiger partial charge is 0.494 e. The Balaban J connectivity index is 0.00000225. The summed E-state index contributed by atoms with van der Waals surface area (Å²) in [6, 6.07) is 16.0. The van der Waals surface area contributed by atoms with Crippen molar-refractivity contribution in [2.45, 2.75) is 20.8 Å². The van der Waals surface area contributed by atoms with Crippen LogP contribution < -0.4 is 14.8 Å². The van der Waals surface area contributed by atoms with Crippen molar-refractivity contribution in [3.63, 3.8) is 0 Å². The number of rotatable bonds is 6. The van der Waals surface area contributed by atoms with Crippen molar-refractivity contribution in [2.24, 2.45) is 0 Å². The second-order valence-electron chi connectivity index (χ2n) is 5.51. The highest BCUT2D eigenvalue weighted by molar-refractivity contribution is 5.94. The molecule has 0 bridgehead atoms. The predicted octanol–water partition coefficient (Wildman–Crippen LogP) is 5.51. The smallest absolute Gasteiger partial charge is 0.120 e. The SMILES string of the molecule is CCOc1ccc(Nc2cc(C)nc3ccc(OCC)cc23)cc1.Cl. The summed E-state index contributed by atoms with van der Waals surface area (Å²) >= 11 is 0. The number of fused-ring (bicyclic) bond motifs is 1. The first-order chi connectivity index (χ1) is 11.7. The van der Waals surface area contributed by atoms with E-state index < -0.39 is 0 Å². The van der Waals surface area contributed by atoms with Crippen LogP contribution in [-0.4, -0.2) is 18.2 Å². The van der Waals surface area contributed by atoms with Crippen LogP contribution in [0.5, 0.6) is 11.5 Å². The molecule has 1 heterocycles. The van der Waals surface area contributed by atoms with Crippen LogP contribution in [0.25, 0.3) is 10.9 Å². The van der Waals surface area contributed by atoms with Gasteiger partial charge in [-0.2, -0.15) is 0 Å². The van der Waals surface area contributed by atoms with Crippen LogP contribution in [0.2, 0.25) is 0 Å². The molecule has 3 aromatic rings. The number of aromatic nitrogens is 1. The van der Waals surface area contributed by atoms with Crippen molar-refractivity contribution in [1.29, 1.82) is 0 Å². The quantitative estimate of drug-likeness (QED) is 0.631. The van der Waals surface area contributed by atoms with Gasteiger partial charge in [-0.25, -0.2) is 0 Å². The van der Waals surface area contributed by atoms with E-state index in [1.165, 1.54) is 0 Å². The van der Waals surface area contributed by atoms with E-state index in [1.54, 1.807) is 0 Å². The summed E-state index contributed by atoms with van der Waals surface area (Å²) in [7, 11) is 0. The second kappa shape index (κ2) is 8.58. The second-order valence-corrected chi connectivity index (χ2v) is 5.51. The number of hydrogen-bond acceptors (Lipinski definition) is 4. The predicted molar refractivity (Wildman–Crippen MR) is 106 cm³/mol. The lowest BCUT2D eigenvalue weighted by atomic mass is 10.1. The van der Waals surface area contributed by atoms with Gasteiger partial charge in [0.2, 0.25) is 0 Å². The Labute approximate surface area is 154 Å². The summed E-state index contributed by atoms with van der Waals surface area (Å²) in [6.45, 7) is 7.28. The van der Waals surface area contributed by atoms with Gasteiger partial charge in [0.25, 0.3) is 0 Å². The zero-order valence-corrected chi connectivity index (χ0v) is 15.5. The van der Waals surface area contributed by atoms with Crippen LogP contribution in [-0.2, 0) is 0 Å². The fourth-order valence-electron chi connectivity index (χ4n) is 2.65. The minimum atomic E-state index is 0. The molecule has 1 N–H and O–H groups in total. The summed E-state index contributed by atoms with van der Waals surface area (Å²) in [6.07, 6.45) is 0. The van der Waals surface area contributed by atoms with Crippen LogP contribution in [0, 0.1) is 6.92 Å². The Bertz CT molecular complexity index is 835. The maximum Gasteiger partial charge on any atom is 0.120 e. The van der Waals surface area contributed by atoms with Crippen LogP contribution in [0.3, 0.4) is 0 Å². The van der Waals surface area contributed by atoms with E-state index in [0.717, 1.165) is 39.5 Å². The number of nitrogens with one attached hydrogen (secondary N) is 1. The molecule has 0 amide bonds. The molecule has 25 heavy (non-hydrogen) atoms. The van der Waals surface area contributed by atoms with Gasteiger partial charge in [-0.3, -0.25) is 4.98 Å². The molecule has 0 unspecified atom stereocenters. The lowest BCUT2D eigenvalue weighted by Crippen LogP contribution is -1.97. The number of anilines is 2. The van der Waals surface area contributed by atoms with Gasteiger partial charge >= 0.3 is 0 Å². The molecule has 0 radical (unpaired) electrons. The molecule has 0 spiro atoms. The molecule has 3 rings (SSSR count). The molecule has 0 fully saturated rings. The summed E-state index contributed by atoms with van der Waals surface area (Å²) in [5, 5.41) is 4.52. The lowest BCUT2D eigenvalue weighted by Gasteiger charge is -2.13. The fourth-order valence-corrected chi connectivity index (χ4v) is 2.65. The average molecular weight is 359 g/mol. The minimum Gasteiger partial charge on any atom is -0.494 e. The van der Waals surface area contributed by atoms with Gasteiger partial charge in [0.1, 0.15) is 11.5 Å². The topological polar surface area (TPSA) is 43.4 Å². The Morgan fingerprint density at radius 3 is 2.20 bits per heavy atom. The molecule has 0 aliphatic heterocycles. The highest BCUT2D eigenvalue weighted by Gasteiger charge is 2.07. The molecule has 5 heteroatoms. The van der Waals surface area contributed by atoms with Gasteiger partial charge in [-0.1, -0.05) is 0 Å². The van der Waals surface area contributed by atoms with Gasteiger partial charge in [0.15, 0.2) is 0 Å². The number of halogens is 1. The zero-order chi connectivity index (χ0) is 16.9. The highest BCUT2D eigenvalue weighted by atomic mass is 35.5. The van der Waals surface area contributed by atoms with E-state index in [9.17, 15) is 0 Å². The van der Waals surface area contributed by atoms with E-state index in [-0.39, 0.29) is 12.4 Å². The third-order valence-corrected chi connectivity index (χ3v) is 3.66. The first-order valence-corrected chi connectivity index (χ1v) is 8.23. The Morgan fingerprint density at radius 1 is 0.880 bits per heavy atom. The number of ether oxygens (including phenoxy) is 2. The average Bonchev–Trinajstić information content (AvgIpc) is 2.57. The van der Waals surface area contributed by atoms with Crippen molar-refractivity contribution in [3.8, 4) is 11.5 Å². The Hall–Kier alpha value is -2.46. The third kappa shape index (κ3) is 4.54. The monoisotopic (exact) mass is 358 g/mol. The van der Waals surface area contributed by atoms with Crippen molar-refractivity contribution < 1.29 is 9.47 Å². The van der Waals surface area contributed by atoms with Crippen LogP contribution in [0.1, 0.15) is 19.5 Å². The lowest BCUT2D eigenvalue weighted by molar-refractivity contribution is 0.340.